The number of aliphatic carboxylic acids is 1. The largest absolute Gasteiger partial charge is 0.493 e. The van der Waals surface area contributed by atoms with Gasteiger partial charge in [0.15, 0.2) is 11.5 Å². The van der Waals surface area contributed by atoms with E-state index >= 15 is 0 Å². The summed E-state index contributed by atoms with van der Waals surface area (Å²) in [4.78, 5) is 26.4. The number of hydrogen-bond donors (Lipinski definition) is 1. The second-order valence-corrected chi connectivity index (χ2v) is 9.55. The Balaban J connectivity index is 1.46. The van der Waals surface area contributed by atoms with Crippen LogP contribution >= 0.6 is 0 Å². The van der Waals surface area contributed by atoms with Crippen LogP contribution in [0.15, 0.2) is 36.4 Å². The molecule has 9 nitrogen and oxygen atoms in total. The molecule has 2 aromatic carbocycles. The Morgan fingerprint density at radius 2 is 1.65 bits per heavy atom. The Bertz CT molecular complexity index is 1270. The number of rotatable bonds is 7. The molecule has 3 heterocycles. The van der Waals surface area contributed by atoms with E-state index in [9.17, 15) is 14.3 Å². The average Bonchev–Trinajstić information content (AvgIpc) is 2.93. The van der Waals surface area contributed by atoms with Gasteiger partial charge in [-0.15, -0.1) is 0 Å². The van der Waals surface area contributed by atoms with E-state index in [0.29, 0.717) is 76.1 Å². The molecule has 5 rings (SSSR count). The number of carboxylic acid groups (broad SMARTS) is 1. The first-order chi connectivity index (χ1) is 17.9. The van der Waals surface area contributed by atoms with Crippen LogP contribution in [0, 0.1) is 11.2 Å². The number of piperidine rings is 1. The van der Waals surface area contributed by atoms with Crippen molar-refractivity contribution in [1.29, 1.82) is 0 Å². The normalized spacial score (nSPS) is 17.6. The molecule has 1 aromatic heterocycles. The van der Waals surface area contributed by atoms with Crippen LogP contribution in [0.25, 0.3) is 10.9 Å². The Morgan fingerprint density at radius 1 is 1.00 bits per heavy atom. The Hall–Kier alpha value is -3.66. The molecule has 10 heteroatoms. The van der Waals surface area contributed by atoms with E-state index in [1.54, 1.807) is 26.4 Å². The van der Waals surface area contributed by atoms with E-state index < -0.39 is 11.4 Å². The summed E-state index contributed by atoms with van der Waals surface area (Å²) in [6.45, 7) is 3.63. The molecule has 0 amide bonds. The highest BCUT2D eigenvalue weighted by Crippen LogP contribution is 2.39. The molecule has 2 fully saturated rings. The van der Waals surface area contributed by atoms with Gasteiger partial charge in [0.2, 0.25) is 5.95 Å². The topological polar surface area (TPSA) is 97.2 Å². The molecule has 2 saturated heterocycles. The Kier molecular flexibility index (Phi) is 7.01. The second-order valence-electron chi connectivity index (χ2n) is 9.55. The van der Waals surface area contributed by atoms with Crippen LogP contribution < -0.4 is 19.3 Å². The summed E-state index contributed by atoms with van der Waals surface area (Å²) in [5.74, 6) is 1.37. The van der Waals surface area contributed by atoms with Crippen LogP contribution in [0.1, 0.15) is 18.4 Å². The first kappa shape index (κ1) is 25.0. The minimum Gasteiger partial charge on any atom is -0.493 e. The summed E-state index contributed by atoms with van der Waals surface area (Å²) in [6.07, 6.45) is 1.21. The minimum absolute atomic E-state index is 0.332. The summed E-state index contributed by atoms with van der Waals surface area (Å²) in [5, 5.41) is 11.0. The van der Waals surface area contributed by atoms with E-state index in [2.05, 4.69) is 4.90 Å². The van der Waals surface area contributed by atoms with Gasteiger partial charge in [0.25, 0.3) is 0 Å². The maximum Gasteiger partial charge on any atom is 0.310 e. The number of methoxy groups -OCH3 is 2. The third-order valence-corrected chi connectivity index (χ3v) is 7.39. The molecule has 196 valence electrons. The molecular weight excluding hydrogens is 479 g/mol. The van der Waals surface area contributed by atoms with Gasteiger partial charge in [-0.1, -0.05) is 12.1 Å². The molecule has 0 saturated carbocycles. The lowest BCUT2D eigenvalue weighted by atomic mass is 9.74. The highest BCUT2D eigenvalue weighted by Gasteiger charge is 2.42. The standard InChI is InChI=1S/C27H31FN4O5/c1-35-22-15-20-21(16-23(22)36-2)29-26(30-24(20)31-11-13-37-14-12-31)32-9-7-27(8-10-32,25(33)34)17-18-3-5-19(28)6-4-18/h3-6,15-16H,7-14,17H2,1-2H3,(H,33,34). The first-order valence-corrected chi connectivity index (χ1v) is 12.4. The van der Waals surface area contributed by atoms with Gasteiger partial charge in [0.05, 0.1) is 38.4 Å². The molecular formula is C27H31FN4O5. The van der Waals surface area contributed by atoms with Crippen LogP contribution in [0.3, 0.4) is 0 Å². The first-order valence-electron chi connectivity index (χ1n) is 12.4. The highest BCUT2D eigenvalue weighted by atomic mass is 19.1. The summed E-state index contributed by atoms with van der Waals surface area (Å²) in [6, 6.07) is 9.82. The lowest BCUT2D eigenvalue weighted by Crippen LogP contribution is -2.46. The van der Waals surface area contributed by atoms with Gasteiger partial charge >= 0.3 is 5.97 Å². The maximum atomic E-state index is 13.4. The molecule has 2 aliphatic rings. The monoisotopic (exact) mass is 510 g/mol. The van der Waals surface area contributed by atoms with Crippen molar-refractivity contribution in [2.75, 3.05) is 63.4 Å². The molecule has 2 aliphatic heterocycles. The van der Waals surface area contributed by atoms with Crippen LogP contribution in [0.5, 0.6) is 11.5 Å². The molecule has 0 spiro atoms. The number of benzene rings is 2. The summed E-state index contributed by atoms with van der Waals surface area (Å²) >= 11 is 0. The van der Waals surface area contributed by atoms with Crippen molar-refractivity contribution in [2.24, 2.45) is 5.41 Å². The van der Waals surface area contributed by atoms with Crippen molar-refractivity contribution in [2.45, 2.75) is 19.3 Å². The average molecular weight is 511 g/mol. The Labute approximate surface area is 214 Å². The van der Waals surface area contributed by atoms with Crippen molar-refractivity contribution in [3.05, 3.63) is 47.8 Å². The van der Waals surface area contributed by atoms with E-state index in [-0.39, 0.29) is 5.82 Å². The third-order valence-electron chi connectivity index (χ3n) is 7.39. The maximum absolute atomic E-state index is 13.4. The molecule has 37 heavy (non-hydrogen) atoms. The van der Waals surface area contributed by atoms with Crippen molar-refractivity contribution >= 4 is 28.6 Å². The number of carboxylic acids is 1. The predicted octanol–water partition coefficient (Wildman–Crippen LogP) is 3.54. The highest BCUT2D eigenvalue weighted by molar-refractivity contribution is 5.93. The van der Waals surface area contributed by atoms with Crippen molar-refractivity contribution in [3.63, 3.8) is 0 Å². The van der Waals surface area contributed by atoms with Gasteiger partial charge in [-0.2, -0.15) is 4.98 Å². The zero-order valence-corrected chi connectivity index (χ0v) is 21.1. The molecule has 0 atom stereocenters. The fourth-order valence-electron chi connectivity index (χ4n) is 5.18. The molecule has 3 aromatic rings. The van der Waals surface area contributed by atoms with Gasteiger partial charge in [-0.3, -0.25) is 4.79 Å². The molecule has 0 unspecified atom stereocenters. The van der Waals surface area contributed by atoms with Gasteiger partial charge in [0.1, 0.15) is 11.6 Å². The summed E-state index contributed by atoms with van der Waals surface area (Å²) in [7, 11) is 3.19. The number of morpholine rings is 1. The molecule has 0 radical (unpaired) electrons. The zero-order valence-electron chi connectivity index (χ0n) is 21.1. The van der Waals surface area contributed by atoms with E-state index in [1.807, 2.05) is 17.0 Å². The van der Waals surface area contributed by atoms with Gasteiger partial charge in [-0.05, 0) is 43.0 Å². The predicted molar refractivity (Wildman–Crippen MR) is 137 cm³/mol. The number of hydrogen-bond acceptors (Lipinski definition) is 8. The second kappa shape index (κ2) is 10.4. The zero-order chi connectivity index (χ0) is 26.0. The van der Waals surface area contributed by atoms with Crippen molar-refractivity contribution in [3.8, 4) is 11.5 Å². The molecule has 1 N–H and O–H groups in total. The van der Waals surface area contributed by atoms with Crippen LogP contribution in [0.4, 0.5) is 16.2 Å². The van der Waals surface area contributed by atoms with Crippen molar-refractivity contribution < 1.29 is 28.5 Å². The summed E-state index contributed by atoms with van der Waals surface area (Å²) in [5.41, 5.74) is 0.620. The SMILES string of the molecule is COc1cc2nc(N3CCC(Cc4ccc(F)cc4)(C(=O)O)CC3)nc(N3CCOCC3)c2cc1OC. The van der Waals surface area contributed by atoms with Crippen LogP contribution in [-0.4, -0.2) is 74.7 Å². The fraction of sp³-hybridized carbons (Fsp3) is 0.444. The van der Waals surface area contributed by atoms with Crippen LogP contribution in [0.2, 0.25) is 0 Å². The third kappa shape index (κ3) is 4.98. The van der Waals surface area contributed by atoms with Crippen LogP contribution in [-0.2, 0) is 16.0 Å². The number of nitrogens with zero attached hydrogens (tertiary/aromatic N) is 4. The molecule has 0 bridgehead atoms. The fourth-order valence-corrected chi connectivity index (χ4v) is 5.18. The number of halogens is 1. The quantitative estimate of drug-likeness (QED) is 0.512. The van der Waals surface area contributed by atoms with Gasteiger partial charge in [-0.25, -0.2) is 9.37 Å². The van der Waals surface area contributed by atoms with E-state index in [4.69, 9.17) is 24.2 Å². The number of ether oxygens (including phenoxy) is 3. The minimum atomic E-state index is -0.922. The van der Waals surface area contributed by atoms with Gasteiger partial charge < -0.3 is 29.1 Å². The van der Waals surface area contributed by atoms with E-state index in [0.717, 1.165) is 22.3 Å². The molecule has 0 aliphatic carbocycles. The Morgan fingerprint density at radius 3 is 2.27 bits per heavy atom. The smallest absolute Gasteiger partial charge is 0.310 e. The van der Waals surface area contributed by atoms with E-state index in [1.165, 1.54) is 12.1 Å². The number of fused-ring (bicyclic) bond motifs is 1. The number of aromatic nitrogens is 2. The van der Waals surface area contributed by atoms with Gasteiger partial charge in [0, 0.05) is 37.6 Å². The number of carbonyl (C=O) groups is 1. The lowest BCUT2D eigenvalue weighted by molar-refractivity contribution is -0.150. The van der Waals surface area contributed by atoms with Crippen molar-refractivity contribution in [1.82, 2.24) is 9.97 Å². The summed E-state index contributed by atoms with van der Waals surface area (Å²) < 4.78 is 29.9. The lowest BCUT2D eigenvalue weighted by Gasteiger charge is -2.39. The number of anilines is 2.